The van der Waals surface area contributed by atoms with Crippen LogP contribution < -0.4 is 4.74 Å². The third kappa shape index (κ3) is 3.82. The Kier molecular flexibility index (Phi) is 4.72. The predicted molar refractivity (Wildman–Crippen MR) is 98.6 cm³/mol. The maximum absolute atomic E-state index is 11.0. The molecule has 0 atom stereocenters. The second-order valence-corrected chi connectivity index (χ2v) is 5.25. The molecule has 3 aromatic carbocycles. The largest absolute Gasteiger partial charge is 0.481 e. The molecule has 0 heterocycles. The maximum atomic E-state index is 11.0. The quantitative estimate of drug-likeness (QED) is 0.299. The van der Waals surface area contributed by atoms with Gasteiger partial charge in [0.05, 0.1) is 10.6 Å². The minimum Gasteiger partial charge on any atom is -0.481 e. The minimum absolute atomic E-state index is 0.0587. The number of aliphatic imine (C=N–C) groups is 1. The molecule has 5 nitrogen and oxygen atoms in total. The number of nitro benzene ring substituents is 1. The zero-order valence-corrected chi connectivity index (χ0v) is 13.3. The monoisotopic (exact) mass is 330 g/mol. The molecule has 122 valence electrons. The van der Waals surface area contributed by atoms with Gasteiger partial charge in [0.25, 0.3) is 5.69 Å². The van der Waals surface area contributed by atoms with E-state index in [9.17, 15) is 10.1 Å². The number of nitrogens with zero attached hydrogens (tertiary/aromatic N) is 2. The first-order chi connectivity index (χ1) is 12.2. The van der Waals surface area contributed by atoms with Gasteiger partial charge in [-0.3, -0.25) is 15.1 Å². The number of ether oxygens (including phenoxy) is 1. The highest BCUT2D eigenvalue weighted by Crippen LogP contribution is 2.24. The van der Waals surface area contributed by atoms with Crippen LogP contribution in [-0.4, -0.2) is 17.7 Å². The fourth-order valence-electron chi connectivity index (χ4n) is 2.41. The first kappa shape index (κ1) is 16.2. The van der Waals surface area contributed by atoms with Gasteiger partial charge in [0.1, 0.15) is 12.4 Å². The van der Waals surface area contributed by atoms with Crippen molar-refractivity contribution in [2.75, 3.05) is 6.61 Å². The fraction of sp³-hybridized carbons (Fsp3) is 0.0500. The summed E-state index contributed by atoms with van der Waals surface area (Å²) < 4.78 is 5.31. The van der Waals surface area contributed by atoms with Crippen LogP contribution in [0, 0.1) is 22.5 Å². The second kappa shape index (κ2) is 7.28. The Bertz CT molecular complexity index is 986. The van der Waals surface area contributed by atoms with Gasteiger partial charge in [0, 0.05) is 23.9 Å². The molecular formula is C20H14N2O3. The van der Waals surface area contributed by atoms with Crippen molar-refractivity contribution in [2.24, 2.45) is 4.99 Å². The topological polar surface area (TPSA) is 64.7 Å². The van der Waals surface area contributed by atoms with Crippen LogP contribution in [0.5, 0.6) is 5.75 Å². The van der Waals surface area contributed by atoms with Crippen molar-refractivity contribution in [2.45, 2.75) is 0 Å². The fourth-order valence-corrected chi connectivity index (χ4v) is 2.41. The molecule has 25 heavy (non-hydrogen) atoms. The van der Waals surface area contributed by atoms with E-state index in [-0.39, 0.29) is 12.3 Å². The van der Waals surface area contributed by atoms with Crippen LogP contribution in [0.3, 0.4) is 0 Å². The Morgan fingerprint density at radius 1 is 1.16 bits per heavy atom. The van der Waals surface area contributed by atoms with Crippen molar-refractivity contribution < 1.29 is 9.66 Å². The SMILES string of the molecule is C#CCOc1ccc(N=Cc2cccc3ccc([N+](=O)[O-])cc23)cc1. The molecule has 0 aliphatic carbocycles. The Labute approximate surface area is 144 Å². The van der Waals surface area contributed by atoms with E-state index in [1.54, 1.807) is 30.5 Å². The molecule has 0 fully saturated rings. The number of hydrogen-bond acceptors (Lipinski definition) is 4. The lowest BCUT2D eigenvalue weighted by atomic mass is 10.0. The molecule has 0 bridgehead atoms. The highest BCUT2D eigenvalue weighted by Gasteiger charge is 2.07. The van der Waals surface area contributed by atoms with Gasteiger partial charge in [0.15, 0.2) is 0 Å². The van der Waals surface area contributed by atoms with Crippen molar-refractivity contribution in [3.63, 3.8) is 0 Å². The molecule has 0 amide bonds. The summed E-state index contributed by atoms with van der Waals surface area (Å²) in [5.74, 6) is 3.09. The third-order valence-corrected chi connectivity index (χ3v) is 3.62. The first-order valence-electron chi connectivity index (χ1n) is 7.55. The summed E-state index contributed by atoms with van der Waals surface area (Å²) in [6.07, 6.45) is 6.85. The number of fused-ring (bicyclic) bond motifs is 1. The lowest BCUT2D eigenvalue weighted by molar-refractivity contribution is -0.384. The maximum Gasteiger partial charge on any atom is 0.270 e. The van der Waals surface area contributed by atoms with Gasteiger partial charge >= 0.3 is 0 Å². The lowest BCUT2D eigenvalue weighted by Crippen LogP contribution is -1.92. The molecular weight excluding hydrogens is 316 g/mol. The van der Waals surface area contributed by atoms with Gasteiger partial charge in [-0.25, -0.2) is 0 Å². The predicted octanol–water partition coefficient (Wildman–Crippen LogP) is 4.51. The Hall–Kier alpha value is -3.65. The molecule has 0 unspecified atom stereocenters. The minimum atomic E-state index is -0.401. The average Bonchev–Trinajstić information content (AvgIpc) is 2.65. The van der Waals surface area contributed by atoms with Crippen LogP contribution in [0.25, 0.3) is 10.8 Å². The summed E-state index contributed by atoms with van der Waals surface area (Å²) in [6, 6.07) is 17.7. The van der Waals surface area contributed by atoms with Crippen LogP contribution in [-0.2, 0) is 0 Å². The smallest absolute Gasteiger partial charge is 0.270 e. The standard InChI is InChI=1S/C20H14N2O3/c1-2-12-25-19-10-7-17(8-11-19)21-14-16-5-3-4-15-6-9-18(22(23)24)13-20(15)16/h1,3-11,13-14H,12H2. The van der Waals surface area contributed by atoms with Crippen LogP contribution in [0.15, 0.2) is 65.7 Å². The van der Waals surface area contributed by atoms with Crippen LogP contribution in [0.1, 0.15) is 5.56 Å². The van der Waals surface area contributed by atoms with E-state index in [1.807, 2.05) is 30.3 Å². The van der Waals surface area contributed by atoms with Crippen molar-refractivity contribution >= 4 is 28.4 Å². The van der Waals surface area contributed by atoms with Crippen molar-refractivity contribution in [1.29, 1.82) is 0 Å². The first-order valence-corrected chi connectivity index (χ1v) is 7.55. The van der Waals surface area contributed by atoms with E-state index in [1.165, 1.54) is 6.07 Å². The summed E-state index contributed by atoms with van der Waals surface area (Å²) in [5, 5.41) is 12.7. The van der Waals surface area contributed by atoms with Gasteiger partial charge in [-0.15, -0.1) is 6.42 Å². The lowest BCUT2D eigenvalue weighted by Gasteiger charge is -2.03. The van der Waals surface area contributed by atoms with E-state index < -0.39 is 4.92 Å². The molecule has 0 saturated carbocycles. The zero-order chi connectivity index (χ0) is 17.6. The summed E-state index contributed by atoms with van der Waals surface area (Å²) >= 11 is 0. The summed E-state index contributed by atoms with van der Waals surface area (Å²) in [6.45, 7) is 0.220. The van der Waals surface area contributed by atoms with Gasteiger partial charge < -0.3 is 4.74 Å². The number of non-ortho nitro benzene ring substituents is 1. The highest BCUT2D eigenvalue weighted by atomic mass is 16.6. The molecule has 0 spiro atoms. The summed E-state index contributed by atoms with van der Waals surface area (Å²) in [7, 11) is 0. The van der Waals surface area contributed by atoms with E-state index in [4.69, 9.17) is 11.2 Å². The summed E-state index contributed by atoms with van der Waals surface area (Å²) in [4.78, 5) is 15.0. The highest BCUT2D eigenvalue weighted by molar-refractivity contribution is 6.01. The number of hydrogen-bond donors (Lipinski definition) is 0. The molecule has 0 saturated heterocycles. The van der Waals surface area contributed by atoms with Crippen molar-refractivity contribution in [3.05, 3.63) is 76.3 Å². The van der Waals surface area contributed by atoms with Crippen molar-refractivity contribution in [3.8, 4) is 18.1 Å². The third-order valence-electron chi connectivity index (χ3n) is 3.62. The number of terminal acetylenes is 1. The van der Waals surface area contributed by atoms with E-state index >= 15 is 0 Å². The molecule has 0 radical (unpaired) electrons. The van der Waals surface area contributed by atoms with E-state index in [0.717, 1.165) is 22.0 Å². The molecule has 5 heteroatoms. The molecule has 0 aromatic heterocycles. The van der Waals surface area contributed by atoms with Gasteiger partial charge in [-0.2, -0.15) is 0 Å². The van der Waals surface area contributed by atoms with Crippen LogP contribution in [0.2, 0.25) is 0 Å². The summed E-state index contributed by atoms with van der Waals surface area (Å²) in [5.41, 5.74) is 1.62. The molecule has 3 aromatic rings. The second-order valence-electron chi connectivity index (χ2n) is 5.25. The van der Waals surface area contributed by atoms with E-state index in [0.29, 0.717) is 5.75 Å². The Balaban J connectivity index is 1.89. The molecule has 3 rings (SSSR count). The van der Waals surface area contributed by atoms with Gasteiger partial charge in [-0.1, -0.05) is 24.1 Å². The van der Waals surface area contributed by atoms with Crippen LogP contribution >= 0.6 is 0 Å². The molecule has 0 aliphatic heterocycles. The number of benzene rings is 3. The molecule has 0 aliphatic rings. The van der Waals surface area contributed by atoms with Gasteiger partial charge in [-0.05, 0) is 41.1 Å². The average molecular weight is 330 g/mol. The van der Waals surface area contributed by atoms with E-state index in [2.05, 4.69) is 10.9 Å². The normalized spacial score (nSPS) is 10.7. The van der Waals surface area contributed by atoms with Crippen LogP contribution in [0.4, 0.5) is 11.4 Å². The van der Waals surface area contributed by atoms with Gasteiger partial charge in [0.2, 0.25) is 0 Å². The zero-order valence-electron chi connectivity index (χ0n) is 13.3. The Morgan fingerprint density at radius 3 is 2.68 bits per heavy atom. The number of nitro groups is 1. The number of rotatable bonds is 5. The van der Waals surface area contributed by atoms with Crippen molar-refractivity contribution in [1.82, 2.24) is 0 Å². The molecule has 0 N–H and O–H groups in total. The Morgan fingerprint density at radius 2 is 1.96 bits per heavy atom.